The van der Waals surface area contributed by atoms with Crippen LogP contribution in [0.1, 0.15) is 58.8 Å². The summed E-state index contributed by atoms with van der Waals surface area (Å²) >= 11 is 0. The SMILES string of the molecule is CNC(=O)C(c1ccc(Cn2c3c(c4ccccc42)CCN(C)C3=O)cc1)C1CCCC1. The largest absolute Gasteiger partial charge is 0.359 e. The fourth-order valence-corrected chi connectivity index (χ4v) is 5.70. The lowest BCUT2D eigenvalue weighted by Crippen LogP contribution is -2.35. The molecule has 0 spiro atoms. The van der Waals surface area contributed by atoms with E-state index >= 15 is 0 Å². The van der Waals surface area contributed by atoms with Crippen molar-refractivity contribution < 1.29 is 9.59 Å². The van der Waals surface area contributed by atoms with E-state index in [1.54, 1.807) is 7.05 Å². The van der Waals surface area contributed by atoms with E-state index in [1.807, 2.05) is 24.1 Å². The molecule has 3 aromatic rings. The van der Waals surface area contributed by atoms with Gasteiger partial charge < -0.3 is 14.8 Å². The molecule has 1 unspecified atom stereocenters. The number of benzene rings is 2. The predicted molar refractivity (Wildman–Crippen MR) is 127 cm³/mol. The van der Waals surface area contributed by atoms with Gasteiger partial charge in [-0.05, 0) is 47.9 Å². The molecule has 2 heterocycles. The first-order valence-corrected chi connectivity index (χ1v) is 11.7. The van der Waals surface area contributed by atoms with Gasteiger partial charge in [-0.25, -0.2) is 0 Å². The molecule has 0 radical (unpaired) electrons. The van der Waals surface area contributed by atoms with E-state index in [9.17, 15) is 9.59 Å². The maximum Gasteiger partial charge on any atom is 0.270 e. The molecule has 1 aliphatic carbocycles. The lowest BCUT2D eigenvalue weighted by molar-refractivity contribution is -0.123. The Balaban J connectivity index is 1.49. The number of hydrogen-bond acceptors (Lipinski definition) is 2. The summed E-state index contributed by atoms with van der Waals surface area (Å²) in [4.78, 5) is 27.5. The van der Waals surface area contributed by atoms with E-state index in [1.165, 1.54) is 23.8 Å². The number of amides is 2. The van der Waals surface area contributed by atoms with Crippen LogP contribution in [0.5, 0.6) is 0 Å². The maximum atomic E-state index is 13.1. The third-order valence-corrected chi connectivity index (χ3v) is 7.40. The molecule has 1 aromatic heterocycles. The van der Waals surface area contributed by atoms with Crippen molar-refractivity contribution in [3.63, 3.8) is 0 Å². The highest BCUT2D eigenvalue weighted by Crippen LogP contribution is 2.38. The van der Waals surface area contributed by atoms with Crippen molar-refractivity contribution in [1.29, 1.82) is 0 Å². The van der Waals surface area contributed by atoms with Gasteiger partial charge in [0.25, 0.3) is 5.91 Å². The van der Waals surface area contributed by atoms with Crippen molar-refractivity contribution in [2.75, 3.05) is 20.6 Å². The fraction of sp³-hybridized carbons (Fsp3) is 0.407. The number of carbonyl (C=O) groups is 2. The second kappa shape index (κ2) is 8.45. The van der Waals surface area contributed by atoms with Gasteiger partial charge >= 0.3 is 0 Å². The minimum Gasteiger partial charge on any atom is -0.359 e. The Morgan fingerprint density at radius 2 is 1.81 bits per heavy atom. The highest BCUT2D eigenvalue weighted by molar-refractivity contribution is 6.02. The van der Waals surface area contributed by atoms with Crippen molar-refractivity contribution >= 4 is 22.7 Å². The Bertz CT molecular complexity index is 1160. The van der Waals surface area contributed by atoms with Crippen LogP contribution in [-0.4, -0.2) is 41.9 Å². The average molecular weight is 430 g/mol. The van der Waals surface area contributed by atoms with Crippen LogP contribution in [0.25, 0.3) is 10.9 Å². The standard InChI is InChI=1S/C27H31N3O2/c1-28-26(31)24(19-7-3-4-8-19)20-13-11-18(12-14-20)17-30-23-10-6-5-9-21(23)22-15-16-29(2)27(32)25(22)30/h5-6,9-14,19,24H,3-4,7-8,15-17H2,1-2H3,(H,28,31). The predicted octanol–water partition coefficient (Wildman–Crippen LogP) is 4.34. The Kier molecular flexibility index (Phi) is 5.50. The smallest absolute Gasteiger partial charge is 0.270 e. The summed E-state index contributed by atoms with van der Waals surface area (Å²) in [5.74, 6) is 0.560. The number of fused-ring (bicyclic) bond motifs is 3. The summed E-state index contributed by atoms with van der Waals surface area (Å²) in [6, 6.07) is 16.8. The lowest BCUT2D eigenvalue weighted by atomic mass is 9.84. The zero-order chi connectivity index (χ0) is 22.2. The van der Waals surface area contributed by atoms with Crippen LogP contribution in [0.2, 0.25) is 0 Å². The number of aromatic nitrogens is 1. The lowest BCUT2D eigenvalue weighted by Gasteiger charge is -2.24. The van der Waals surface area contributed by atoms with Gasteiger partial charge in [0.2, 0.25) is 5.91 Å². The van der Waals surface area contributed by atoms with Crippen LogP contribution in [0.15, 0.2) is 48.5 Å². The Labute approximate surface area is 189 Å². The van der Waals surface area contributed by atoms with E-state index in [0.29, 0.717) is 12.5 Å². The van der Waals surface area contributed by atoms with Gasteiger partial charge in [0.05, 0.1) is 5.92 Å². The number of para-hydroxylation sites is 1. The van der Waals surface area contributed by atoms with E-state index in [2.05, 4.69) is 46.3 Å². The normalized spacial score (nSPS) is 17.6. The van der Waals surface area contributed by atoms with Crippen LogP contribution >= 0.6 is 0 Å². The van der Waals surface area contributed by atoms with Gasteiger partial charge in [-0.1, -0.05) is 55.3 Å². The molecule has 5 nitrogen and oxygen atoms in total. The van der Waals surface area contributed by atoms with Crippen LogP contribution in [-0.2, 0) is 17.8 Å². The zero-order valence-electron chi connectivity index (χ0n) is 18.9. The molecule has 32 heavy (non-hydrogen) atoms. The van der Waals surface area contributed by atoms with Gasteiger partial charge in [0.15, 0.2) is 0 Å². The molecule has 1 atom stereocenters. The number of likely N-dealkylation sites (N-methyl/N-ethyl adjacent to an activating group) is 2. The number of carbonyl (C=O) groups excluding carboxylic acids is 2. The molecule has 2 aliphatic rings. The van der Waals surface area contributed by atoms with E-state index in [0.717, 1.165) is 48.1 Å². The Morgan fingerprint density at radius 1 is 1.09 bits per heavy atom. The monoisotopic (exact) mass is 429 g/mol. The van der Waals surface area contributed by atoms with Crippen LogP contribution in [0, 0.1) is 5.92 Å². The summed E-state index contributed by atoms with van der Waals surface area (Å²) in [7, 11) is 3.61. The molecule has 5 heteroatoms. The van der Waals surface area contributed by atoms with Gasteiger partial charge in [-0.15, -0.1) is 0 Å². The summed E-state index contributed by atoms with van der Waals surface area (Å²) in [6.45, 7) is 1.40. The summed E-state index contributed by atoms with van der Waals surface area (Å²) in [6.07, 6.45) is 5.56. The van der Waals surface area contributed by atoms with Crippen LogP contribution in [0.4, 0.5) is 0 Å². The zero-order valence-corrected chi connectivity index (χ0v) is 18.9. The molecule has 2 aromatic carbocycles. The van der Waals surface area contributed by atoms with Gasteiger partial charge in [0, 0.05) is 38.1 Å². The Morgan fingerprint density at radius 3 is 2.53 bits per heavy atom. The Hall–Kier alpha value is -3.08. The number of nitrogens with zero attached hydrogens (tertiary/aromatic N) is 2. The van der Waals surface area contributed by atoms with Gasteiger partial charge in [-0.3, -0.25) is 9.59 Å². The van der Waals surface area contributed by atoms with Crippen LogP contribution in [0.3, 0.4) is 0 Å². The fourth-order valence-electron chi connectivity index (χ4n) is 5.70. The highest BCUT2D eigenvalue weighted by atomic mass is 16.2. The topological polar surface area (TPSA) is 54.3 Å². The van der Waals surface area contributed by atoms with Crippen molar-refractivity contribution in [3.05, 3.63) is 70.9 Å². The maximum absolute atomic E-state index is 13.1. The molecule has 1 N–H and O–H groups in total. The molecule has 1 saturated carbocycles. The second-order valence-electron chi connectivity index (χ2n) is 9.29. The summed E-state index contributed by atoms with van der Waals surface area (Å²) in [5, 5.41) is 4.05. The molecule has 0 saturated heterocycles. The van der Waals surface area contributed by atoms with Crippen LogP contribution < -0.4 is 5.32 Å². The molecule has 1 fully saturated rings. The molecule has 2 amide bonds. The number of nitrogens with one attached hydrogen (secondary N) is 1. The molecule has 5 rings (SSSR count). The van der Waals surface area contributed by atoms with Crippen molar-refractivity contribution in [2.24, 2.45) is 5.92 Å². The average Bonchev–Trinajstić information content (AvgIpc) is 3.45. The third kappa shape index (κ3) is 3.50. The summed E-state index contributed by atoms with van der Waals surface area (Å²) in [5.41, 5.74) is 5.33. The minimum atomic E-state index is -0.0769. The second-order valence-corrected chi connectivity index (χ2v) is 9.29. The molecule has 0 bridgehead atoms. The number of rotatable bonds is 5. The molecule has 1 aliphatic heterocycles. The summed E-state index contributed by atoms with van der Waals surface area (Å²) < 4.78 is 2.17. The first-order chi connectivity index (χ1) is 15.6. The highest BCUT2D eigenvalue weighted by Gasteiger charge is 2.32. The minimum absolute atomic E-state index is 0.0769. The van der Waals surface area contributed by atoms with Crippen molar-refractivity contribution in [2.45, 2.75) is 44.6 Å². The van der Waals surface area contributed by atoms with Gasteiger partial charge in [-0.2, -0.15) is 0 Å². The van der Waals surface area contributed by atoms with E-state index in [4.69, 9.17) is 0 Å². The van der Waals surface area contributed by atoms with E-state index in [-0.39, 0.29) is 17.7 Å². The first-order valence-electron chi connectivity index (χ1n) is 11.7. The van der Waals surface area contributed by atoms with Gasteiger partial charge in [0.1, 0.15) is 5.69 Å². The molecule has 166 valence electrons. The van der Waals surface area contributed by atoms with Crippen molar-refractivity contribution in [1.82, 2.24) is 14.8 Å². The number of hydrogen-bond donors (Lipinski definition) is 1. The quantitative estimate of drug-likeness (QED) is 0.656. The molecular weight excluding hydrogens is 398 g/mol. The van der Waals surface area contributed by atoms with E-state index < -0.39 is 0 Å². The third-order valence-electron chi connectivity index (χ3n) is 7.40. The molecular formula is C27H31N3O2. The van der Waals surface area contributed by atoms with Crippen molar-refractivity contribution in [3.8, 4) is 0 Å². The first kappa shape index (κ1) is 20.8.